The van der Waals surface area contributed by atoms with E-state index in [4.69, 9.17) is 0 Å². The minimum atomic E-state index is -1.03. The van der Waals surface area contributed by atoms with Gasteiger partial charge in [-0.25, -0.2) is 23.7 Å². The number of anilines is 2. The Bertz CT molecular complexity index is 1270. The second-order valence-electron chi connectivity index (χ2n) is 10.6. The van der Waals surface area contributed by atoms with Crippen molar-refractivity contribution in [3.05, 3.63) is 59.6 Å². The molecule has 2 N–H and O–H groups in total. The van der Waals surface area contributed by atoms with Crippen molar-refractivity contribution in [2.24, 2.45) is 4.99 Å². The van der Waals surface area contributed by atoms with Gasteiger partial charge in [-0.3, -0.25) is 9.89 Å². The number of fused-ring (bicyclic) bond motifs is 1. The molecule has 202 valence electrons. The predicted molar refractivity (Wildman–Crippen MR) is 146 cm³/mol. The first-order chi connectivity index (χ1) is 18.2. The lowest BCUT2D eigenvalue weighted by molar-refractivity contribution is 0.169. The fourth-order valence-corrected chi connectivity index (χ4v) is 5.83. The number of hydrogen-bond acceptors (Lipinski definition) is 8. The second-order valence-corrected chi connectivity index (χ2v) is 10.6. The highest BCUT2D eigenvalue weighted by Gasteiger charge is 2.49. The molecule has 0 radical (unpaired) electrons. The third kappa shape index (κ3) is 4.82. The Hall–Kier alpha value is -3.24. The number of allylic oxidation sites excluding steroid dienone is 2. The first-order valence-electron chi connectivity index (χ1n) is 13.4. The number of aliphatic imine (C=N–C) groups is 1. The molecule has 0 amide bonds. The molecule has 2 aromatic rings. The number of piperazine rings is 1. The lowest BCUT2D eigenvalue weighted by Gasteiger charge is -2.37. The Kier molecular flexibility index (Phi) is 7.28. The summed E-state index contributed by atoms with van der Waals surface area (Å²) >= 11 is 0. The SMILES string of the molecule is CCC(c1ccc(Nc2ncc(F)c(C3=CC4N(C(C)C)C(C)=NC4(C)C(F)=C3)n2)nc1)N1CCNCC1. The molecule has 2 aliphatic heterocycles. The van der Waals surface area contributed by atoms with Crippen molar-refractivity contribution in [3.8, 4) is 0 Å². The maximum atomic E-state index is 15.4. The number of amidine groups is 1. The van der Waals surface area contributed by atoms with E-state index in [1.165, 1.54) is 6.08 Å². The average Bonchev–Trinajstić information content (AvgIpc) is 3.18. The molecule has 5 rings (SSSR count). The van der Waals surface area contributed by atoms with Crippen LogP contribution in [-0.2, 0) is 0 Å². The fourth-order valence-electron chi connectivity index (χ4n) is 5.83. The van der Waals surface area contributed by atoms with Crippen LogP contribution in [0.3, 0.4) is 0 Å². The van der Waals surface area contributed by atoms with Gasteiger partial charge in [0.2, 0.25) is 5.95 Å². The third-order valence-electron chi connectivity index (χ3n) is 7.71. The summed E-state index contributed by atoms with van der Waals surface area (Å²) in [5, 5.41) is 6.47. The standard InChI is InChI=1S/C28H36F2N8/c1-6-22(37-11-9-31-10-12-37)19-7-8-25(32-15-19)34-27-33-16-21(29)26(35-27)20-13-23(30)28(5)24(14-20)38(17(2)3)18(4)36-28/h7-8,13-17,22,24,31H,6,9-12H2,1-5H3,(H,32,33,34,35). The molecule has 0 bridgehead atoms. The van der Waals surface area contributed by atoms with Crippen molar-refractivity contribution in [1.29, 1.82) is 0 Å². The summed E-state index contributed by atoms with van der Waals surface area (Å²) in [7, 11) is 0. The zero-order valence-electron chi connectivity index (χ0n) is 22.7. The quantitative estimate of drug-likeness (QED) is 0.549. The lowest BCUT2D eigenvalue weighted by Crippen LogP contribution is -2.48. The first kappa shape index (κ1) is 26.4. The number of hydrogen-bond donors (Lipinski definition) is 2. The number of nitrogens with one attached hydrogen (secondary N) is 2. The van der Waals surface area contributed by atoms with Crippen LogP contribution in [0.15, 0.2) is 47.5 Å². The Morgan fingerprint density at radius 3 is 2.58 bits per heavy atom. The minimum Gasteiger partial charge on any atom is -0.349 e. The topological polar surface area (TPSA) is 81.6 Å². The van der Waals surface area contributed by atoms with Crippen molar-refractivity contribution in [1.82, 2.24) is 30.1 Å². The van der Waals surface area contributed by atoms with Crippen LogP contribution >= 0.6 is 0 Å². The number of rotatable bonds is 7. The maximum absolute atomic E-state index is 15.4. The monoisotopic (exact) mass is 522 g/mol. The maximum Gasteiger partial charge on any atom is 0.229 e. The van der Waals surface area contributed by atoms with Gasteiger partial charge < -0.3 is 15.5 Å². The van der Waals surface area contributed by atoms with Gasteiger partial charge in [-0.05, 0) is 57.9 Å². The van der Waals surface area contributed by atoms with Crippen LogP contribution in [-0.4, -0.2) is 74.4 Å². The van der Waals surface area contributed by atoms with Gasteiger partial charge in [0.05, 0.1) is 18.1 Å². The van der Waals surface area contributed by atoms with Crippen LogP contribution in [0.25, 0.3) is 5.57 Å². The third-order valence-corrected chi connectivity index (χ3v) is 7.71. The highest BCUT2D eigenvalue weighted by atomic mass is 19.1. The fraction of sp³-hybridized carbons (Fsp3) is 0.500. The molecule has 1 aliphatic carbocycles. The van der Waals surface area contributed by atoms with Gasteiger partial charge in [0.1, 0.15) is 22.9 Å². The Labute approximate surface area is 223 Å². The Morgan fingerprint density at radius 1 is 1.16 bits per heavy atom. The molecule has 3 unspecified atom stereocenters. The summed E-state index contributed by atoms with van der Waals surface area (Å²) in [5.41, 5.74) is 0.526. The van der Waals surface area contributed by atoms with Crippen LogP contribution in [0.1, 0.15) is 58.3 Å². The van der Waals surface area contributed by atoms with Gasteiger partial charge in [0.25, 0.3) is 0 Å². The lowest BCUT2D eigenvalue weighted by atomic mass is 9.84. The van der Waals surface area contributed by atoms with Crippen molar-refractivity contribution >= 4 is 23.2 Å². The molecule has 0 aromatic carbocycles. The summed E-state index contributed by atoms with van der Waals surface area (Å²) in [5.74, 6) is 0.474. The van der Waals surface area contributed by atoms with Crippen LogP contribution in [0, 0.1) is 5.82 Å². The number of aromatic nitrogens is 3. The van der Waals surface area contributed by atoms with Crippen molar-refractivity contribution in [2.45, 2.75) is 64.7 Å². The van der Waals surface area contributed by atoms with Crippen LogP contribution in [0.5, 0.6) is 0 Å². The van der Waals surface area contributed by atoms with Crippen molar-refractivity contribution in [3.63, 3.8) is 0 Å². The Balaban J connectivity index is 1.38. The molecule has 0 saturated carbocycles. The molecular formula is C28H36F2N8. The largest absolute Gasteiger partial charge is 0.349 e. The molecule has 8 nitrogen and oxygen atoms in total. The van der Waals surface area contributed by atoms with Crippen molar-refractivity contribution in [2.75, 3.05) is 31.5 Å². The highest BCUT2D eigenvalue weighted by Crippen LogP contribution is 2.43. The van der Waals surface area contributed by atoms with Gasteiger partial charge in [-0.15, -0.1) is 0 Å². The smallest absolute Gasteiger partial charge is 0.229 e. The van der Waals surface area contributed by atoms with E-state index in [2.05, 4.69) is 53.4 Å². The average molecular weight is 523 g/mol. The van der Waals surface area contributed by atoms with Crippen LogP contribution in [0.2, 0.25) is 0 Å². The highest BCUT2D eigenvalue weighted by molar-refractivity contribution is 5.87. The van der Waals surface area contributed by atoms with E-state index >= 15 is 4.39 Å². The predicted octanol–water partition coefficient (Wildman–Crippen LogP) is 4.63. The van der Waals surface area contributed by atoms with E-state index < -0.39 is 17.2 Å². The van der Waals surface area contributed by atoms with Crippen LogP contribution in [0.4, 0.5) is 20.5 Å². The van der Waals surface area contributed by atoms with E-state index in [1.807, 2.05) is 39.1 Å². The molecule has 38 heavy (non-hydrogen) atoms. The normalized spacial score (nSPS) is 24.6. The zero-order chi connectivity index (χ0) is 27.0. The zero-order valence-corrected chi connectivity index (χ0v) is 22.7. The molecule has 4 heterocycles. The van der Waals surface area contributed by atoms with Gasteiger partial charge >= 0.3 is 0 Å². The molecule has 2 aromatic heterocycles. The van der Waals surface area contributed by atoms with E-state index in [0.29, 0.717) is 17.4 Å². The molecule has 3 aliphatic rings. The second kappa shape index (κ2) is 10.5. The van der Waals surface area contributed by atoms with Gasteiger partial charge in [-0.1, -0.05) is 13.0 Å². The van der Waals surface area contributed by atoms with E-state index in [1.54, 1.807) is 6.92 Å². The van der Waals surface area contributed by atoms with Crippen molar-refractivity contribution < 1.29 is 8.78 Å². The molecular weight excluding hydrogens is 486 g/mol. The molecule has 3 atom stereocenters. The minimum absolute atomic E-state index is 0.0364. The van der Waals surface area contributed by atoms with E-state index in [9.17, 15) is 4.39 Å². The number of halogens is 2. The number of nitrogens with zero attached hydrogens (tertiary/aromatic N) is 6. The summed E-state index contributed by atoms with van der Waals surface area (Å²) in [6.07, 6.45) is 7.16. The van der Waals surface area contributed by atoms with Gasteiger partial charge in [-0.2, -0.15) is 0 Å². The summed E-state index contributed by atoms with van der Waals surface area (Å²) in [4.78, 5) is 22.2. The molecule has 1 fully saturated rings. The number of pyridine rings is 1. The molecule has 10 heteroatoms. The molecule has 1 saturated heterocycles. The summed E-state index contributed by atoms with van der Waals surface area (Å²) in [6.45, 7) is 13.9. The summed E-state index contributed by atoms with van der Waals surface area (Å²) < 4.78 is 30.3. The van der Waals surface area contributed by atoms with E-state index in [-0.39, 0.29) is 23.7 Å². The summed E-state index contributed by atoms with van der Waals surface area (Å²) in [6, 6.07) is 3.99. The van der Waals surface area contributed by atoms with Gasteiger partial charge in [0.15, 0.2) is 5.82 Å². The molecule has 0 spiro atoms. The van der Waals surface area contributed by atoms with E-state index in [0.717, 1.165) is 50.2 Å². The Morgan fingerprint density at radius 2 is 1.92 bits per heavy atom. The van der Waals surface area contributed by atoms with Crippen LogP contribution < -0.4 is 10.6 Å². The first-order valence-corrected chi connectivity index (χ1v) is 13.4. The van der Waals surface area contributed by atoms with Gasteiger partial charge in [0, 0.05) is 50.0 Å².